The first-order chi connectivity index (χ1) is 13.5. The first-order valence-electron chi connectivity index (χ1n) is 9.53. The van der Waals surface area contributed by atoms with Crippen molar-refractivity contribution in [3.63, 3.8) is 0 Å². The molecule has 0 saturated carbocycles. The zero-order valence-corrected chi connectivity index (χ0v) is 16.3. The fourth-order valence-electron chi connectivity index (χ4n) is 2.98. The summed E-state index contributed by atoms with van der Waals surface area (Å²) in [6.07, 6.45) is 4.64. The van der Waals surface area contributed by atoms with Crippen molar-refractivity contribution in [2.24, 2.45) is 0 Å². The Morgan fingerprint density at radius 2 is 1.82 bits per heavy atom. The molecule has 3 aromatic rings. The zero-order chi connectivity index (χ0) is 20.1. The van der Waals surface area contributed by atoms with E-state index in [0.29, 0.717) is 22.5 Å². The van der Waals surface area contributed by atoms with Gasteiger partial charge in [0.2, 0.25) is 0 Å². The summed E-state index contributed by atoms with van der Waals surface area (Å²) in [5.74, 6) is -0.204. The molecule has 144 valence electrons. The fraction of sp³-hybridized carbons (Fsp3) is 0.250. The summed E-state index contributed by atoms with van der Waals surface area (Å²) in [4.78, 5) is 24.1. The first-order valence-corrected chi connectivity index (χ1v) is 9.53. The third kappa shape index (κ3) is 4.58. The summed E-state index contributed by atoms with van der Waals surface area (Å²) in [5, 5.41) is 0.761. The highest BCUT2D eigenvalue weighted by Crippen LogP contribution is 2.25. The van der Waals surface area contributed by atoms with Gasteiger partial charge < -0.3 is 9.15 Å². The molecule has 0 aliphatic rings. The number of fused-ring (bicyclic) bond motifs is 1. The molecule has 2 aromatic carbocycles. The van der Waals surface area contributed by atoms with Crippen LogP contribution in [0.25, 0.3) is 22.1 Å². The molecule has 4 heteroatoms. The minimum absolute atomic E-state index is 0.301. The van der Waals surface area contributed by atoms with E-state index in [1.807, 2.05) is 12.1 Å². The largest absolute Gasteiger partial charge is 0.423 e. The molecule has 3 rings (SSSR count). The van der Waals surface area contributed by atoms with Crippen LogP contribution in [0.3, 0.4) is 0 Å². The Hall–Kier alpha value is -3.14. The Bertz CT molecular complexity index is 1060. The minimum atomic E-state index is -0.516. The van der Waals surface area contributed by atoms with Crippen LogP contribution in [0.5, 0.6) is 5.75 Å². The van der Waals surface area contributed by atoms with Crippen LogP contribution in [0.15, 0.2) is 69.9 Å². The van der Waals surface area contributed by atoms with Gasteiger partial charge in [0.25, 0.3) is 0 Å². The minimum Gasteiger partial charge on any atom is -0.423 e. The third-order valence-electron chi connectivity index (χ3n) is 4.60. The Kier molecular flexibility index (Phi) is 6.09. The van der Waals surface area contributed by atoms with Gasteiger partial charge in [-0.05, 0) is 49.1 Å². The average Bonchev–Trinajstić information content (AvgIpc) is 2.68. The van der Waals surface area contributed by atoms with Crippen LogP contribution in [-0.2, 0) is 11.2 Å². The molecular weight excluding hydrogens is 352 g/mol. The molecule has 0 aliphatic carbocycles. The van der Waals surface area contributed by atoms with Crippen LogP contribution in [0.2, 0.25) is 0 Å². The maximum atomic E-state index is 12.5. The van der Waals surface area contributed by atoms with Gasteiger partial charge in [-0.15, -0.1) is 0 Å². The number of carbonyl (C=O) groups is 1. The van der Waals surface area contributed by atoms with Gasteiger partial charge in [0.1, 0.15) is 11.3 Å². The van der Waals surface area contributed by atoms with Crippen molar-refractivity contribution in [1.82, 2.24) is 0 Å². The predicted molar refractivity (Wildman–Crippen MR) is 112 cm³/mol. The maximum absolute atomic E-state index is 12.5. The molecule has 0 saturated heterocycles. The van der Waals surface area contributed by atoms with Crippen LogP contribution >= 0.6 is 0 Å². The molecule has 0 amide bonds. The Morgan fingerprint density at radius 3 is 2.50 bits per heavy atom. The van der Waals surface area contributed by atoms with Crippen LogP contribution in [-0.4, -0.2) is 5.97 Å². The van der Waals surface area contributed by atoms with E-state index in [-0.39, 0.29) is 0 Å². The van der Waals surface area contributed by atoms with Gasteiger partial charge >= 0.3 is 11.6 Å². The zero-order valence-electron chi connectivity index (χ0n) is 16.3. The molecule has 0 unspecified atom stereocenters. The van der Waals surface area contributed by atoms with Gasteiger partial charge in [0.15, 0.2) is 0 Å². The topological polar surface area (TPSA) is 56.5 Å². The molecule has 28 heavy (non-hydrogen) atoms. The summed E-state index contributed by atoms with van der Waals surface area (Å²) < 4.78 is 10.7. The van der Waals surface area contributed by atoms with E-state index in [4.69, 9.17) is 9.15 Å². The summed E-state index contributed by atoms with van der Waals surface area (Å²) >= 11 is 0. The monoisotopic (exact) mass is 376 g/mol. The second-order valence-electron chi connectivity index (χ2n) is 6.97. The smallest absolute Gasteiger partial charge is 0.344 e. The number of carbonyl (C=O) groups excluding carboxylic acids is 1. The van der Waals surface area contributed by atoms with Crippen LogP contribution in [0.1, 0.15) is 38.7 Å². The molecule has 1 aromatic heterocycles. The van der Waals surface area contributed by atoms with Gasteiger partial charge in [-0.2, -0.15) is 0 Å². The van der Waals surface area contributed by atoms with Crippen molar-refractivity contribution in [3.8, 4) is 16.9 Å². The van der Waals surface area contributed by atoms with Gasteiger partial charge in [0.05, 0.1) is 5.56 Å². The van der Waals surface area contributed by atoms with E-state index >= 15 is 0 Å². The van der Waals surface area contributed by atoms with Crippen molar-refractivity contribution >= 4 is 16.9 Å². The quantitative estimate of drug-likeness (QED) is 0.175. The third-order valence-corrected chi connectivity index (χ3v) is 4.60. The number of esters is 1. The van der Waals surface area contributed by atoms with Crippen molar-refractivity contribution in [2.45, 2.75) is 39.5 Å². The predicted octanol–water partition coefficient (Wildman–Crippen LogP) is 5.67. The number of unbranched alkanes of at least 4 members (excludes halogenated alkanes) is 2. The molecule has 0 spiro atoms. The number of aryl methyl sites for hydroxylation is 1. The van der Waals surface area contributed by atoms with E-state index < -0.39 is 11.6 Å². The number of rotatable bonds is 7. The lowest BCUT2D eigenvalue weighted by Gasteiger charge is -2.07. The van der Waals surface area contributed by atoms with Crippen molar-refractivity contribution in [1.29, 1.82) is 0 Å². The van der Waals surface area contributed by atoms with E-state index in [0.717, 1.165) is 17.4 Å². The summed E-state index contributed by atoms with van der Waals surface area (Å²) in [7, 11) is 0. The number of benzene rings is 2. The van der Waals surface area contributed by atoms with Gasteiger partial charge in [-0.1, -0.05) is 50.6 Å². The van der Waals surface area contributed by atoms with Crippen molar-refractivity contribution in [2.75, 3.05) is 0 Å². The molecule has 0 bridgehead atoms. The molecule has 0 radical (unpaired) electrons. The van der Waals surface area contributed by atoms with Gasteiger partial charge in [0, 0.05) is 17.0 Å². The normalized spacial score (nSPS) is 10.8. The SMILES string of the molecule is C=C(C)C(=O)Oc1ccc2cc(-c3ccc(CCCCC)cc3)c(=O)oc2c1. The van der Waals surface area contributed by atoms with Crippen LogP contribution in [0, 0.1) is 0 Å². The Labute approximate surface area is 164 Å². The second-order valence-corrected chi connectivity index (χ2v) is 6.97. The average molecular weight is 376 g/mol. The summed E-state index contributed by atoms with van der Waals surface area (Å²) in [5.41, 5.74) is 2.86. The lowest BCUT2D eigenvalue weighted by Crippen LogP contribution is -2.08. The van der Waals surface area contributed by atoms with E-state index in [9.17, 15) is 9.59 Å². The highest BCUT2D eigenvalue weighted by molar-refractivity contribution is 5.90. The lowest BCUT2D eigenvalue weighted by molar-refractivity contribution is -0.130. The molecule has 0 fully saturated rings. The Morgan fingerprint density at radius 1 is 1.07 bits per heavy atom. The summed E-state index contributed by atoms with van der Waals surface area (Å²) in [6.45, 7) is 7.32. The number of hydrogen-bond donors (Lipinski definition) is 0. The highest BCUT2D eigenvalue weighted by atomic mass is 16.5. The van der Waals surface area contributed by atoms with Crippen molar-refractivity contribution < 1.29 is 13.9 Å². The lowest BCUT2D eigenvalue weighted by atomic mass is 10.0. The molecule has 0 atom stereocenters. The first kappa shape index (κ1) is 19.6. The Balaban J connectivity index is 1.86. The van der Waals surface area contributed by atoms with Crippen LogP contribution < -0.4 is 10.4 Å². The number of ether oxygens (including phenoxy) is 1. The molecule has 0 N–H and O–H groups in total. The number of hydrogen-bond acceptors (Lipinski definition) is 4. The van der Waals surface area contributed by atoms with Crippen LogP contribution in [0.4, 0.5) is 0 Å². The molecule has 0 aliphatic heterocycles. The highest BCUT2D eigenvalue weighted by Gasteiger charge is 2.11. The fourth-order valence-corrected chi connectivity index (χ4v) is 2.98. The van der Waals surface area contributed by atoms with E-state index in [1.54, 1.807) is 25.1 Å². The maximum Gasteiger partial charge on any atom is 0.344 e. The molecular formula is C24H24O4. The van der Waals surface area contributed by atoms with Gasteiger partial charge in [-0.25, -0.2) is 9.59 Å². The standard InChI is InChI=1S/C24H24O4/c1-4-5-6-7-17-8-10-18(11-9-17)21-14-19-12-13-20(27-23(25)16(2)3)15-22(19)28-24(21)26/h8-15H,2,4-7H2,1,3H3. The molecule has 1 heterocycles. The molecule has 4 nitrogen and oxygen atoms in total. The summed E-state index contributed by atoms with van der Waals surface area (Å²) in [6, 6.07) is 14.8. The van der Waals surface area contributed by atoms with E-state index in [1.165, 1.54) is 30.9 Å². The van der Waals surface area contributed by atoms with Crippen molar-refractivity contribution in [3.05, 3.63) is 76.7 Å². The van der Waals surface area contributed by atoms with E-state index in [2.05, 4.69) is 25.6 Å². The second kappa shape index (κ2) is 8.70. The van der Waals surface area contributed by atoms with Gasteiger partial charge in [-0.3, -0.25) is 0 Å².